The number of nitrogens with one attached hydrogen (secondary N) is 2. The van der Waals surface area contributed by atoms with Crippen LogP contribution in [0.1, 0.15) is 36.8 Å². The molecule has 0 aliphatic heterocycles. The molecule has 2 aromatic rings. The Bertz CT molecular complexity index is 650. The summed E-state index contributed by atoms with van der Waals surface area (Å²) in [6.45, 7) is 6.32. The molecule has 2 rings (SSSR count). The first-order valence-electron chi connectivity index (χ1n) is 6.97. The van der Waals surface area contributed by atoms with Gasteiger partial charge in [-0.15, -0.1) is 0 Å². The van der Waals surface area contributed by atoms with Crippen molar-refractivity contribution in [1.82, 2.24) is 15.3 Å². The fraction of sp³-hybridized carbons (Fsp3) is 0.312. The highest BCUT2D eigenvalue weighted by Gasteiger charge is 2.16. The molecule has 0 spiro atoms. The van der Waals surface area contributed by atoms with Gasteiger partial charge in [0.25, 0.3) is 5.91 Å². The maximum atomic E-state index is 12.1. The van der Waals surface area contributed by atoms with E-state index in [9.17, 15) is 4.79 Å². The van der Waals surface area contributed by atoms with Gasteiger partial charge < -0.3 is 10.6 Å². The van der Waals surface area contributed by atoms with Crippen LogP contribution in [0.3, 0.4) is 0 Å². The smallest absolute Gasteiger partial charge is 0.270 e. The minimum absolute atomic E-state index is 0.218. The third-order valence-corrected chi connectivity index (χ3v) is 2.99. The summed E-state index contributed by atoms with van der Waals surface area (Å²) in [6.07, 6.45) is 1.56. The fourth-order valence-electron chi connectivity index (χ4n) is 1.76. The van der Waals surface area contributed by atoms with Crippen LogP contribution in [0.4, 0.5) is 5.95 Å². The quantitative estimate of drug-likeness (QED) is 0.908. The van der Waals surface area contributed by atoms with E-state index in [-0.39, 0.29) is 11.4 Å². The molecule has 0 aliphatic carbocycles. The zero-order valence-corrected chi connectivity index (χ0v) is 13.6. The van der Waals surface area contributed by atoms with Gasteiger partial charge in [0.05, 0.1) is 0 Å². The Morgan fingerprint density at radius 1 is 1.18 bits per heavy atom. The van der Waals surface area contributed by atoms with Crippen molar-refractivity contribution in [3.05, 3.63) is 52.8 Å². The summed E-state index contributed by atoms with van der Waals surface area (Å²) in [4.78, 5) is 20.4. The monoisotopic (exact) mass is 318 g/mol. The lowest BCUT2D eigenvalue weighted by atomic mass is 10.1. The van der Waals surface area contributed by atoms with Crippen LogP contribution in [0, 0.1) is 0 Å². The van der Waals surface area contributed by atoms with Crippen molar-refractivity contribution in [3.8, 4) is 0 Å². The predicted octanol–water partition coefficient (Wildman–Crippen LogP) is 3.27. The number of carbonyl (C=O) groups is 1. The highest BCUT2D eigenvalue weighted by Crippen LogP contribution is 2.11. The lowest BCUT2D eigenvalue weighted by Gasteiger charge is -2.20. The Morgan fingerprint density at radius 2 is 1.86 bits per heavy atom. The Kier molecular flexibility index (Phi) is 4.98. The summed E-state index contributed by atoms with van der Waals surface area (Å²) in [5, 5.41) is 6.66. The summed E-state index contributed by atoms with van der Waals surface area (Å²) in [7, 11) is 0. The van der Waals surface area contributed by atoms with E-state index in [1.165, 1.54) is 0 Å². The minimum Gasteiger partial charge on any atom is -0.350 e. The van der Waals surface area contributed by atoms with E-state index in [0.717, 1.165) is 5.56 Å². The first-order valence-corrected chi connectivity index (χ1v) is 7.35. The van der Waals surface area contributed by atoms with Gasteiger partial charge in [-0.2, -0.15) is 0 Å². The molecule has 0 unspecified atom stereocenters. The van der Waals surface area contributed by atoms with Crippen molar-refractivity contribution in [2.45, 2.75) is 32.9 Å². The topological polar surface area (TPSA) is 66.9 Å². The number of carbonyl (C=O) groups excluding carboxylic acids is 1. The zero-order chi connectivity index (χ0) is 16.2. The molecule has 0 saturated heterocycles. The van der Waals surface area contributed by atoms with Crippen LogP contribution < -0.4 is 10.6 Å². The molecule has 1 amide bonds. The number of nitrogens with zero attached hydrogens (tertiary/aromatic N) is 2. The lowest BCUT2D eigenvalue weighted by molar-refractivity contribution is 0.0914. The number of aromatic nitrogens is 2. The van der Waals surface area contributed by atoms with Gasteiger partial charge in [0.15, 0.2) is 0 Å². The van der Waals surface area contributed by atoms with E-state index in [2.05, 4.69) is 20.6 Å². The average Bonchev–Trinajstić information content (AvgIpc) is 2.45. The van der Waals surface area contributed by atoms with Crippen LogP contribution in [0.5, 0.6) is 0 Å². The van der Waals surface area contributed by atoms with E-state index in [4.69, 9.17) is 11.6 Å². The normalized spacial score (nSPS) is 11.1. The third kappa shape index (κ3) is 5.00. The fourth-order valence-corrected chi connectivity index (χ4v) is 1.88. The van der Waals surface area contributed by atoms with Crippen molar-refractivity contribution in [3.63, 3.8) is 0 Å². The first kappa shape index (κ1) is 16.2. The van der Waals surface area contributed by atoms with Crippen LogP contribution in [-0.4, -0.2) is 21.4 Å². The van der Waals surface area contributed by atoms with Gasteiger partial charge in [-0.3, -0.25) is 4.79 Å². The summed E-state index contributed by atoms with van der Waals surface area (Å²) in [6, 6.07) is 9.09. The van der Waals surface area contributed by atoms with Crippen molar-refractivity contribution >= 4 is 23.5 Å². The second kappa shape index (κ2) is 6.75. The van der Waals surface area contributed by atoms with Gasteiger partial charge in [-0.1, -0.05) is 23.7 Å². The van der Waals surface area contributed by atoms with Crippen molar-refractivity contribution in [2.24, 2.45) is 0 Å². The van der Waals surface area contributed by atoms with Crippen LogP contribution in [0.25, 0.3) is 0 Å². The maximum Gasteiger partial charge on any atom is 0.270 e. The van der Waals surface area contributed by atoms with Crippen LogP contribution >= 0.6 is 11.6 Å². The first-order chi connectivity index (χ1) is 10.3. The molecule has 22 heavy (non-hydrogen) atoms. The molecular formula is C16H19ClN4O. The minimum atomic E-state index is -0.307. The van der Waals surface area contributed by atoms with Crippen molar-refractivity contribution in [1.29, 1.82) is 0 Å². The van der Waals surface area contributed by atoms with Gasteiger partial charge in [0.1, 0.15) is 5.69 Å². The molecule has 0 saturated carbocycles. The van der Waals surface area contributed by atoms with Gasteiger partial charge in [-0.05, 0) is 44.5 Å². The number of rotatable bonds is 4. The third-order valence-electron chi connectivity index (χ3n) is 2.74. The number of amides is 1. The Morgan fingerprint density at radius 3 is 2.50 bits per heavy atom. The number of hydrogen-bond acceptors (Lipinski definition) is 4. The number of hydrogen-bond donors (Lipinski definition) is 2. The Balaban J connectivity index is 2.02. The van der Waals surface area contributed by atoms with E-state index >= 15 is 0 Å². The lowest BCUT2D eigenvalue weighted by Crippen LogP contribution is -2.41. The molecule has 0 atom stereocenters. The molecular weight excluding hydrogens is 300 g/mol. The van der Waals surface area contributed by atoms with Gasteiger partial charge >= 0.3 is 0 Å². The molecule has 0 fully saturated rings. The van der Waals surface area contributed by atoms with Crippen molar-refractivity contribution < 1.29 is 4.79 Å². The maximum absolute atomic E-state index is 12.1. The summed E-state index contributed by atoms with van der Waals surface area (Å²) in [5.41, 5.74) is 1.08. The van der Waals surface area contributed by atoms with Gasteiger partial charge in [-0.25, -0.2) is 9.97 Å². The summed E-state index contributed by atoms with van der Waals surface area (Å²) in [5.74, 6) is 0.195. The molecule has 1 aromatic carbocycles. The van der Waals surface area contributed by atoms with E-state index in [1.54, 1.807) is 12.3 Å². The van der Waals surface area contributed by atoms with Crippen LogP contribution in [-0.2, 0) is 6.54 Å². The molecule has 1 aromatic heterocycles. The van der Waals surface area contributed by atoms with Crippen LogP contribution in [0.15, 0.2) is 36.5 Å². The summed E-state index contributed by atoms with van der Waals surface area (Å²) >= 11 is 5.85. The Hall–Kier alpha value is -2.14. The van der Waals surface area contributed by atoms with Crippen LogP contribution in [0.2, 0.25) is 5.02 Å². The molecule has 116 valence electrons. The van der Waals surface area contributed by atoms with Gasteiger partial charge in [0.2, 0.25) is 5.95 Å². The summed E-state index contributed by atoms with van der Waals surface area (Å²) < 4.78 is 0. The highest BCUT2D eigenvalue weighted by molar-refractivity contribution is 6.30. The predicted molar refractivity (Wildman–Crippen MR) is 88.0 cm³/mol. The molecule has 1 heterocycles. The number of benzene rings is 1. The van der Waals surface area contributed by atoms with E-state index < -0.39 is 0 Å². The number of halogens is 1. The largest absolute Gasteiger partial charge is 0.350 e. The molecule has 5 nitrogen and oxygen atoms in total. The average molecular weight is 319 g/mol. The van der Waals surface area contributed by atoms with Gasteiger partial charge in [0, 0.05) is 23.3 Å². The Labute approximate surface area is 135 Å². The molecule has 0 radical (unpaired) electrons. The molecule has 0 aliphatic rings. The van der Waals surface area contributed by atoms with Crippen molar-refractivity contribution in [2.75, 3.05) is 5.32 Å². The standard InChI is InChI=1S/C16H19ClN4O/c1-16(2,3)21-14(22)13-8-9-18-15(20-13)19-10-11-4-6-12(17)7-5-11/h4-9H,10H2,1-3H3,(H,21,22)(H,18,19,20). The second-order valence-corrected chi connectivity index (χ2v) is 6.39. The van der Waals surface area contributed by atoms with E-state index in [0.29, 0.717) is 23.2 Å². The number of anilines is 1. The SMILES string of the molecule is CC(C)(C)NC(=O)c1ccnc(NCc2ccc(Cl)cc2)n1. The molecule has 0 bridgehead atoms. The highest BCUT2D eigenvalue weighted by atomic mass is 35.5. The molecule has 2 N–H and O–H groups in total. The zero-order valence-electron chi connectivity index (χ0n) is 12.9. The second-order valence-electron chi connectivity index (χ2n) is 5.95. The van der Waals surface area contributed by atoms with E-state index in [1.807, 2.05) is 45.0 Å². The molecule has 6 heteroatoms.